The molecule has 0 atom stereocenters. The molecule has 0 spiro atoms. The second kappa shape index (κ2) is 7.79. The fraction of sp³-hybridized carbons (Fsp3) is 0.643. The average molecular weight is 278 g/mol. The molecule has 1 amide bonds. The molecule has 0 radical (unpaired) electrons. The Kier molecular flexibility index (Phi) is 5.73. The summed E-state index contributed by atoms with van der Waals surface area (Å²) in [5.74, 6) is 0.211. The van der Waals surface area contributed by atoms with Gasteiger partial charge in [0.05, 0.1) is 6.61 Å². The Morgan fingerprint density at radius 3 is 2.90 bits per heavy atom. The second-order valence-corrected chi connectivity index (χ2v) is 4.79. The van der Waals surface area contributed by atoms with Crippen molar-refractivity contribution < 1.29 is 9.53 Å². The summed E-state index contributed by atoms with van der Waals surface area (Å²) in [7, 11) is 0. The molecule has 1 fully saturated rings. The van der Waals surface area contributed by atoms with Gasteiger partial charge in [-0.1, -0.05) is 0 Å². The van der Waals surface area contributed by atoms with Gasteiger partial charge in [-0.3, -0.25) is 4.79 Å². The largest absolute Gasteiger partial charge is 0.464 e. The summed E-state index contributed by atoms with van der Waals surface area (Å²) in [5, 5.41) is 3.30. The van der Waals surface area contributed by atoms with E-state index in [2.05, 4.69) is 15.3 Å². The first kappa shape index (κ1) is 14.7. The van der Waals surface area contributed by atoms with Crippen molar-refractivity contribution in [1.82, 2.24) is 20.2 Å². The zero-order valence-corrected chi connectivity index (χ0v) is 12.0. The molecule has 1 saturated heterocycles. The number of aryl methyl sites for hydroxylation is 1. The van der Waals surface area contributed by atoms with Crippen LogP contribution in [0.1, 0.15) is 25.3 Å². The minimum Gasteiger partial charge on any atom is -0.464 e. The van der Waals surface area contributed by atoms with Crippen LogP contribution in [0.5, 0.6) is 6.01 Å². The Bertz CT molecular complexity index is 414. The van der Waals surface area contributed by atoms with E-state index in [4.69, 9.17) is 4.74 Å². The molecule has 0 saturated carbocycles. The monoisotopic (exact) mass is 278 g/mol. The van der Waals surface area contributed by atoms with Gasteiger partial charge in [0.25, 0.3) is 0 Å². The molecule has 0 unspecified atom stereocenters. The van der Waals surface area contributed by atoms with Crippen LogP contribution in [0.4, 0.5) is 0 Å². The standard InChI is InChI=1S/C14H22N4O2/c1-2-20-14-16-10-12(11-17-14)4-5-13(19)18-8-3-6-15-7-9-18/h10-11,15H,2-9H2,1H3. The lowest BCUT2D eigenvalue weighted by atomic mass is 10.2. The lowest BCUT2D eigenvalue weighted by Gasteiger charge is -2.19. The van der Waals surface area contributed by atoms with Crippen LogP contribution in [-0.2, 0) is 11.2 Å². The quantitative estimate of drug-likeness (QED) is 0.855. The maximum absolute atomic E-state index is 12.1. The van der Waals surface area contributed by atoms with Crippen molar-refractivity contribution in [2.75, 3.05) is 32.8 Å². The highest BCUT2D eigenvalue weighted by Gasteiger charge is 2.14. The topological polar surface area (TPSA) is 67.3 Å². The molecular weight excluding hydrogens is 256 g/mol. The van der Waals surface area contributed by atoms with Gasteiger partial charge in [-0.2, -0.15) is 0 Å². The van der Waals surface area contributed by atoms with Crippen LogP contribution >= 0.6 is 0 Å². The summed E-state index contributed by atoms with van der Waals surface area (Å²) in [6.07, 6.45) is 5.68. The summed E-state index contributed by atoms with van der Waals surface area (Å²) in [4.78, 5) is 22.3. The van der Waals surface area contributed by atoms with Crippen LogP contribution in [-0.4, -0.2) is 53.6 Å². The molecule has 0 bridgehead atoms. The van der Waals surface area contributed by atoms with E-state index in [1.54, 1.807) is 12.4 Å². The lowest BCUT2D eigenvalue weighted by Crippen LogP contribution is -2.34. The summed E-state index contributed by atoms with van der Waals surface area (Å²) >= 11 is 0. The van der Waals surface area contributed by atoms with Crippen LogP contribution < -0.4 is 10.1 Å². The van der Waals surface area contributed by atoms with E-state index in [1.807, 2.05) is 11.8 Å². The molecule has 6 heteroatoms. The van der Waals surface area contributed by atoms with Gasteiger partial charge in [0.2, 0.25) is 5.91 Å². The molecule has 1 aromatic rings. The zero-order valence-electron chi connectivity index (χ0n) is 12.0. The number of carbonyl (C=O) groups is 1. The fourth-order valence-corrected chi connectivity index (χ4v) is 2.18. The fourth-order valence-electron chi connectivity index (χ4n) is 2.18. The Morgan fingerprint density at radius 1 is 1.35 bits per heavy atom. The highest BCUT2D eigenvalue weighted by Crippen LogP contribution is 2.07. The van der Waals surface area contributed by atoms with Gasteiger partial charge in [0.1, 0.15) is 0 Å². The van der Waals surface area contributed by atoms with E-state index in [0.29, 0.717) is 25.5 Å². The van der Waals surface area contributed by atoms with Gasteiger partial charge in [-0.05, 0) is 31.9 Å². The highest BCUT2D eigenvalue weighted by molar-refractivity contribution is 5.76. The molecule has 110 valence electrons. The summed E-state index contributed by atoms with van der Waals surface area (Å²) in [5.41, 5.74) is 0.967. The van der Waals surface area contributed by atoms with Crippen molar-refractivity contribution in [1.29, 1.82) is 0 Å². The number of nitrogens with zero attached hydrogens (tertiary/aromatic N) is 3. The van der Waals surface area contributed by atoms with Crippen molar-refractivity contribution in [2.45, 2.75) is 26.2 Å². The molecule has 1 aliphatic heterocycles. The normalized spacial score (nSPS) is 15.8. The van der Waals surface area contributed by atoms with Crippen molar-refractivity contribution in [3.05, 3.63) is 18.0 Å². The molecule has 20 heavy (non-hydrogen) atoms. The third-order valence-corrected chi connectivity index (χ3v) is 3.28. The number of nitrogens with one attached hydrogen (secondary N) is 1. The van der Waals surface area contributed by atoms with E-state index in [9.17, 15) is 4.79 Å². The van der Waals surface area contributed by atoms with Gasteiger partial charge in [-0.25, -0.2) is 9.97 Å². The number of hydrogen-bond donors (Lipinski definition) is 1. The first-order valence-electron chi connectivity index (χ1n) is 7.22. The van der Waals surface area contributed by atoms with Gasteiger partial charge in [0.15, 0.2) is 0 Å². The number of ether oxygens (including phenoxy) is 1. The van der Waals surface area contributed by atoms with E-state index < -0.39 is 0 Å². The summed E-state index contributed by atoms with van der Waals surface area (Å²) < 4.78 is 5.19. The van der Waals surface area contributed by atoms with Crippen molar-refractivity contribution in [3.63, 3.8) is 0 Å². The number of hydrogen-bond acceptors (Lipinski definition) is 5. The zero-order chi connectivity index (χ0) is 14.2. The smallest absolute Gasteiger partial charge is 0.316 e. The molecule has 0 aromatic carbocycles. The number of carbonyl (C=O) groups excluding carboxylic acids is 1. The first-order chi connectivity index (χ1) is 9.79. The highest BCUT2D eigenvalue weighted by atomic mass is 16.5. The molecular formula is C14H22N4O2. The van der Waals surface area contributed by atoms with Gasteiger partial charge in [-0.15, -0.1) is 0 Å². The van der Waals surface area contributed by atoms with Gasteiger partial charge < -0.3 is 15.0 Å². The molecule has 1 aromatic heterocycles. The summed E-state index contributed by atoms with van der Waals surface area (Å²) in [6, 6.07) is 0.390. The minimum atomic E-state index is 0.211. The predicted molar refractivity (Wildman–Crippen MR) is 75.6 cm³/mol. The minimum absolute atomic E-state index is 0.211. The third-order valence-electron chi connectivity index (χ3n) is 3.28. The first-order valence-corrected chi connectivity index (χ1v) is 7.22. The predicted octanol–water partition coefficient (Wildman–Crippen LogP) is 0.630. The lowest BCUT2D eigenvalue weighted by molar-refractivity contribution is -0.130. The van der Waals surface area contributed by atoms with Crippen molar-refractivity contribution >= 4 is 5.91 Å². The Balaban J connectivity index is 1.80. The van der Waals surface area contributed by atoms with Crippen molar-refractivity contribution in [2.24, 2.45) is 0 Å². The number of rotatable bonds is 5. The van der Waals surface area contributed by atoms with Crippen LogP contribution in [0.2, 0.25) is 0 Å². The van der Waals surface area contributed by atoms with Gasteiger partial charge >= 0.3 is 6.01 Å². The molecule has 2 rings (SSSR count). The van der Waals surface area contributed by atoms with E-state index in [-0.39, 0.29) is 5.91 Å². The Hall–Kier alpha value is -1.69. The van der Waals surface area contributed by atoms with E-state index in [1.165, 1.54) is 0 Å². The Morgan fingerprint density at radius 2 is 2.15 bits per heavy atom. The second-order valence-electron chi connectivity index (χ2n) is 4.79. The Labute approximate surface area is 119 Å². The SMILES string of the molecule is CCOc1ncc(CCC(=O)N2CCCNCC2)cn1. The summed E-state index contributed by atoms with van der Waals surface area (Å²) in [6.45, 7) is 5.99. The molecule has 1 aliphatic rings. The van der Waals surface area contributed by atoms with E-state index >= 15 is 0 Å². The van der Waals surface area contributed by atoms with Crippen LogP contribution in [0.15, 0.2) is 12.4 Å². The number of aromatic nitrogens is 2. The molecule has 6 nitrogen and oxygen atoms in total. The molecule has 0 aliphatic carbocycles. The van der Waals surface area contributed by atoms with E-state index in [0.717, 1.165) is 38.2 Å². The maximum Gasteiger partial charge on any atom is 0.316 e. The third kappa shape index (κ3) is 4.45. The molecule has 2 heterocycles. The number of amides is 1. The van der Waals surface area contributed by atoms with Crippen LogP contribution in [0.3, 0.4) is 0 Å². The van der Waals surface area contributed by atoms with Crippen molar-refractivity contribution in [3.8, 4) is 6.01 Å². The van der Waals surface area contributed by atoms with Gasteiger partial charge in [0, 0.05) is 38.4 Å². The van der Waals surface area contributed by atoms with Crippen LogP contribution in [0, 0.1) is 0 Å². The maximum atomic E-state index is 12.1. The molecule has 1 N–H and O–H groups in total. The average Bonchev–Trinajstić information content (AvgIpc) is 2.76. The van der Waals surface area contributed by atoms with Crippen LogP contribution in [0.25, 0.3) is 0 Å².